The molecule has 4 rings (SSSR count). The van der Waals surface area contributed by atoms with Gasteiger partial charge in [-0.15, -0.1) is 0 Å². The second-order valence-electron chi connectivity index (χ2n) is 8.23. The first kappa shape index (κ1) is 23.6. The molecule has 3 aromatic carbocycles. The Morgan fingerprint density at radius 2 is 1.76 bits per heavy atom. The average Bonchev–Trinajstić information content (AvgIpc) is 2.83. The molecule has 1 aliphatic rings. The smallest absolute Gasteiger partial charge is 0.241 e. The van der Waals surface area contributed by atoms with Crippen molar-refractivity contribution in [3.8, 4) is 17.2 Å². The van der Waals surface area contributed by atoms with Gasteiger partial charge in [0.05, 0.1) is 25.1 Å². The van der Waals surface area contributed by atoms with Crippen LogP contribution in [0.2, 0.25) is 0 Å². The van der Waals surface area contributed by atoms with Crippen molar-refractivity contribution in [2.45, 2.75) is 25.3 Å². The number of aryl methyl sites for hydroxylation is 1. The third-order valence-corrected chi connectivity index (χ3v) is 6.92. The van der Waals surface area contributed by atoms with E-state index in [2.05, 4.69) is 5.32 Å². The lowest BCUT2D eigenvalue weighted by molar-refractivity contribution is -0.120. The van der Waals surface area contributed by atoms with Crippen molar-refractivity contribution in [1.29, 1.82) is 0 Å². The van der Waals surface area contributed by atoms with Gasteiger partial charge in [0.25, 0.3) is 0 Å². The van der Waals surface area contributed by atoms with Gasteiger partial charge in [0.15, 0.2) is 5.75 Å². The predicted octanol–water partition coefficient (Wildman–Crippen LogP) is 4.45. The molecule has 1 atom stereocenters. The average molecular weight is 481 g/mol. The van der Waals surface area contributed by atoms with Crippen LogP contribution in [0.1, 0.15) is 30.0 Å². The van der Waals surface area contributed by atoms with Crippen molar-refractivity contribution < 1.29 is 22.7 Å². The Bertz CT molecular complexity index is 1260. The van der Waals surface area contributed by atoms with Crippen molar-refractivity contribution in [3.63, 3.8) is 0 Å². The summed E-state index contributed by atoms with van der Waals surface area (Å²) in [5.41, 5.74) is 2.48. The number of sulfonamides is 1. The molecule has 178 valence electrons. The maximum atomic E-state index is 13.1. The molecule has 8 heteroatoms. The summed E-state index contributed by atoms with van der Waals surface area (Å²) in [6.45, 7) is -0.351. The fraction of sp³-hybridized carbons (Fsp3) is 0.269. The minimum Gasteiger partial charge on any atom is -0.497 e. The van der Waals surface area contributed by atoms with E-state index in [1.165, 1.54) is 0 Å². The molecular formula is C26H28N2O5S. The first-order valence-corrected chi connectivity index (χ1v) is 13.0. The number of ether oxygens (including phenoxy) is 2. The Morgan fingerprint density at radius 1 is 1.03 bits per heavy atom. The highest BCUT2D eigenvalue weighted by atomic mass is 32.2. The van der Waals surface area contributed by atoms with E-state index >= 15 is 0 Å². The Labute approximate surface area is 200 Å². The Balaban J connectivity index is 1.56. The van der Waals surface area contributed by atoms with Crippen molar-refractivity contribution in [2.75, 3.05) is 24.2 Å². The topological polar surface area (TPSA) is 84.9 Å². The molecule has 0 spiro atoms. The first-order valence-electron chi connectivity index (χ1n) is 11.1. The SMILES string of the molecule is COc1ccc2c(c1)CCCC2NC(=O)CN(c1ccccc1Oc1ccccc1)S(C)(=O)=O. The van der Waals surface area contributed by atoms with E-state index in [-0.39, 0.29) is 18.5 Å². The number of nitrogens with one attached hydrogen (secondary N) is 1. The van der Waals surface area contributed by atoms with E-state index in [1.807, 2.05) is 36.4 Å². The zero-order valence-corrected chi connectivity index (χ0v) is 20.0. The van der Waals surface area contributed by atoms with Crippen molar-refractivity contribution in [3.05, 3.63) is 83.9 Å². The number of benzene rings is 3. The van der Waals surface area contributed by atoms with Gasteiger partial charge >= 0.3 is 0 Å². The number of carbonyl (C=O) groups is 1. The largest absolute Gasteiger partial charge is 0.497 e. The number of rotatable bonds is 8. The molecule has 0 fully saturated rings. The summed E-state index contributed by atoms with van der Waals surface area (Å²) in [6.07, 6.45) is 3.71. The fourth-order valence-corrected chi connectivity index (χ4v) is 5.04. The quantitative estimate of drug-likeness (QED) is 0.515. The maximum Gasteiger partial charge on any atom is 0.241 e. The highest BCUT2D eigenvalue weighted by Gasteiger charge is 2.27. The van der Waals surface area contributed by atoms with Gasteiger partial charge in [-0.3, -0.25) is 9.10 Å². The van der Waals surface area contributed by atoms with Gasteiger partial charge in [-0.05, 0) is 66.8 Å². The van der Waals surface area contributed by atoms with Crippen molar-refractivity contribution in [1.82, 2.24) is 5.32 Å². The summed E-state index contributed by atoms with van der Waals surface area (Å²) in [4.78, 5) is 13.1. The number of amides is 1. The minimum atomic E-state index is -3.76. The van der Waals surface area contributed by atoms with Crippen LogP contribution in [-0.2, 0) is 21.2 Å². The summed E-state index contributed by atoms with van der Waals surface area (Å²) in [6, 6.07) is 21.5. The van der Waals surface area contributed by atoms with Gasteiger partial charge < -0.3 is 14.8 Å². The van der Waals surface area contributed by atoms with Gasteiger partial charge in [-0.1, -0.05) is 36.4 Å². The molecule has 3 aromatic rings. The zero-order chi connectivity index (χ0) is 24.1. The highest BCUT2D eigenvalue weighted by Crippen LogP contribution is 2.34. The number of carbonyl (C=O) groups excluding carboxylic acids is 1. The molecule has 0 saturated carbocycles. The van der Waals surface area contributed by atoms with E-state index in [1.54, 1.807) is 43.5 Å². The van der Waals surface area contributed by atoms with Crippen LogP contribution < -0.4 is 19.1 Å². The van der Waals surface area contributed by atoms with Crippen LogP contribution in [0.3, 0.4) is 0 Å². The fourth-order valence-electron chi connectivity index (χ4n) is 4.18. The lowest BCUT2D eigenvalue weighted by atomic mass is 9.87. The Morgan fingerprint density at radius 3 is 2.50 bits per heavy atom. The van der Waals surface area contributed by atoms with Gasteiger partial charge in [0, 0.05) is 0 Å². The molecule has 1 aliphatic carbocycles. The molecule has 0 aliphatic heterocycles. The molecule has 1 N–H and O–H groups in total. The number of methoxy groups -OCH3 is 1. The zero-order valence-electron chi connectivity index (χ0n) is 19.2. The second kappa shape index (κ2) is 10.2. The van der Waals surface area contributed by atoms with Gasteiger partial charge in [-0.25, -0.2) is 8.42 Å². The van der Waals surface area contributed by atoms with Gasteiger partial charge in [0.1, 0.15) is 18.0 Å². The number of hydrogen-bond donors (Lipinski definition) is 1. The second-order valence-corrected chi connectivity index (χ2v) is 10.1. The highest BCUT2D eigenvalue weighted by molar-refractivity contribution is 7.92. The van der Waals surface area contributed by atoms with Crippen LogP contribution >= 0.6 is 0 Å². The summed E-state index contributed by atoms with van der Waals surface area (Å²) in [5, 5.41) is 3.03. The molecule has 34 heavy (non-hydrogen) atoms. The lowest BCUT2D eigenvalue weighted by Crippen LogP contribution is -2.42. The lowest BCUT2D eigenvalue weighted by Gasteiger charge is -2.29. The Hall–Kier alpha value is -3.52. The van der Waals surface area contributed by atoms with E-state index in [4.69, 9.17) is 9.47 Å². The molecule has 0 aromatic heterocycles. The number of anilines is 1. The van der Waals surface area contributed by atoms with Crippen LogP contribution in [0, 0.1) is 0 Å². The van der Waals surface area contributed by atoms with E-state index in [0.29, 0.717) is 17.2 Å². The molecule has 1 unspecified atom stereocenters. The molecular weight excluding hydrogens is 452 g/mol. The number of nitrogens with zero attached hydrogens (tertiary/aromatic N) is 1. The van der Waals surface area contributed by atoms with Crippen LogP contribution in [0.15, 0.2) is 72.8 Å². The normalized spacial score (nSPS) is 15.2. The third kappa shape index (κ3) is 5.51. The van der Waals surface area contributed by atoms with E-state index in [9.17, 15) is 13.2 Å². The van der Waals surface area contributed by atoms with E-state index in [0.717, 1.165) is 46.7 Å². The predicted molar refractivity (Wildman–Crippen MR) is 132 cm³/mol. The van der Waals surface area contributed by atoms with Crippen LogP contribution in [0.25, 0.3) is 0 Å². The third-order valence-electron chi connectivity index (χ3n) is 5.79. The molecule has 7 nitrogen and oxygen atoms in total. The van der Waals surface area contributed by atoms with Crippen molar-refractivity contribution >= 4 is 21.6 Å². The molecule has 0 saturated heterocycles. The van der Waals surface area contributed by atoms with Gasteiger partial charge in [-0.2, -0.15) is 0 Å². The summed E-state index contributed by atoms with van der Waals surface area (Å²) >= 11 is 0. The molecule has 1 amide bonds. The van der Waals surface area contributed by atoms with Gasteiger partial charge in [0.2, 0.25) is 15.9 Å². The van der Waals surface area contributed by atoms with Crippen molar-refractivity contribution in [2.24, 2.45) is 0 Å². The summed E-state index contributed by atoms with van der Waals surface area (Å²) in [7, 11) is -2.13. The number of fused-ring (bicyclic) bond motifs is 1. The first-order chi connectivity index (χ1) is 16.3. The summed E-state index contributed by atoms with van der Waals surface area (Å²) in [5.74, 6) is 1.32. The molecule has 0 bridgehead atoms. The Kier molecular flexibility index (Phi) is 7.07. The van der Waals surface area contributed by atoms with Crippen LogP contribution in [-0.4, -0.2) is 34.2 Å². The van der Waals surface area contributed by atoms with Crippen LogP contribution in [0.4, 0.5) is 5.69 Å². The monoisotopic (exact) mass is 480 g/mol. The standard InChI is InChI=1S/C26H28N2O5S/c1-32-21-15-16-22-19(17-21)9-8-12-23(22)27-26(29)18-28(34(2,30)31)24-13-6-7-14-25(24)33-20-10-4-3-5-11-20/h3-7,10-11,13-17,23H,8-9,12,18H2,1-2H3,(H,27,29). The minimum absolute atomic E-state index is 0.181. The molecule has 0 radical (unpaired) electrons. The maximum absolute atomic E-state index is 13.1. The number of hydrogen-bond acceptors (Lipinski definition) is 5. The van der Waals surface area contributed by atoms with Crippen LogP contribution in [0.5, 0.6) is 17.2 Å². The van der Waals surface area contributed by atoms with E-state index < -0.39 is 10.0 Å². The molecule has 0 heterocycles. The summed E-state index contributed by atoms with van der Waals surface area (Å²) < 4.78 is 37.8. The number of para-hydroxylation sites is 3.